The zero-order chi connectivity index (χ0) is 15.6. The first-order valence-electron chi connectivity index (χ1n) is 7.11. The van der Waals surface area contributed by atoms with Gasteiger partial charge < -0.3 is 5.73 Å². The normalized spacial score (nSPS) is 21.2. The number of nitrogens with zero attached hydrogens (tertiary/aromatic N) is 1. The lowest BCUT2D eigenvalue weighted by Crippen LogP contribution is -2.47. The van der Waals surface area contributed by atoms with Crippen molar-refractivity contribution in [3.8, 4) is 0 Å². The summed E-state index contributed by atoms with van der Waals surface area (Å²) >= 11 is 0. The molecule has 6 heteroatoms. The van der Waals surface area contributed by atoms with E-state index in [0.717, 1.165) is 5.56 Å². The maximum absolute atomic E-state index is 12.9. The van der Waals surface area contributed by atoms with Gasteiger partial charge in [-0.25, -0.2) is 4.39 Å². The zero-order valence-corrected chi connectivity index (χ0v) is 11.9. The Kier molecular flexibility index (Phi) is 4.88. The van der Waals surface area contributed by atoms with E-state index in [9.17, 15) is 17.6 Å². The van der Waals surface area contributed by atoms with Crippen LogP contribution in [-0.4, -0.2) is 30.2 Å². The smallest absolute Gasteiger partial charge is 0.323 e. The van der Waals surface area contributed by atoms with Gasteiger partial charge in [-0.1, -0.05) is 12.1 Å². The maximum atomic E-state index is 12.9. The van der Waals surface area contributed by atoms with Crippen LogP contribution in [0, 0.1) is 11.7 Å². The third-order valence-electron chi connectivity index (χ3n) is 4.34. The first-order valence-corrected chi connectivity index (χ1v) is 7.11. The average molecular weight is 304 g/mol. The molecule has 0 aromatic heterocycles. The number of likely N-dealkylation sites (tertiary alicyclic amines) is 1. The molecule has 2 N–H and O–H groups in total. The summed E-state index contributed by atoms with van der Waals surface area (Å²) in [6, 6.07) is 5.52. The van der Waals surface area contributed by atoms with Crippen molar-refractivity contribution in [2.75, 3.05) is 13.1 Å². The number of alkyl halides is 3. The van der Waals surface area contributed by atoms with Crippen molar-refractivity contribution in [3.05, 3.63) is 35.6 Å². The van der Waals surface area contributed by atoms with Crippen LogP contribution in [-0.2, 0) is 0 Å². The molecule has 118 valence electrons. The molecule has 1 aromatic carbocycles. The fourth-order valence-corrected chi connectivity index (χ4v) is 2.82. The molecule has 21 heavy (non-hydrogen) atoms. The van der Waals surface area contributed by atoms with Gasteiger partial charge in [-0.2, -0.15) is 13.2 Å². The Balaban J connectivity index is 1.95. The van der Waals surface area contributed by atoms with Crippen LogP contribution in [0.4, 0.5) is 17.6 Å². The van der Waals surface area contributed by atoms with Gasteiger partial charge in [0.15, 0.2) is 0 Å². The molecule has 0 spiro atoms. The molecule has 1 fully saturated rings. The Hall–Kier alpha value is -1.14. The van der Waals surface area contributed by atoms with Gasteiger partial charge >= 0.3 is 6.18 Å². The van der Waals surface area contributed by atoms with Crippen LogP contribution < -0.4 is 5.73 Å². The lowest BCUT2D eigenvalue weighted by molar-refractivity contribution is -0.186. The molecule has 0 aliphatic carbocycles. The number of halogens is 4. The van der Waals surface area contributed by atoms with Crippen molar-refractivity contribution in [1.29, 1.82) is 0 Å². The Morgan fingerprint density at radius 3 is 2.14 bits per heavy atom. The van der Waals surface area contributed by atoms with Gasteiger partial charge in [0.1, 0.15) is 5.82 Å². The molecule has 1 saturated heterocycles. The lowest BCUT2D eigenvalue weighted by atomic mass is 9.93. The van der Waals surface area contributed by atoms with Gasteiger partial charge in [0, 0.05) is 12.1 Å². The zero-order valence-electron chi connectivity index (χ0n) is 11.9. The number of piperidine rings is 1. The van der Waals surface area contributed by atoms with E-state index in [1.807, 2.05) is 11.8 Å². The first kappa shape index (κ1) is 16.2. The molecule has 2 rings (SSSR count). The van der Waals surface area contributed by atoms with Crippen LogP contribution in [0.2, 0.25) is 0 Å². The Morgan fingerprint density at radius 2 is 1.67 bits per heavy atom. The number of benzene rings is 1. The number of nitrogens with two attached hydrogens (primary N) is 1. The summed E-state index contributed by atoms with van der Waals surface area (Å²) in [4.78, 5) is 1.98. The van der Waals surface area contributed by atoms with E-state index >= 15 is 0 Å². The van der Waals surface area contributed by atoms with Gasteiger partial charge in [-0.3, -0.25) is 4.90 Å². The minimum absolute atomic E-state index is 0.0790. The summed E-state index contributed by atoms with van der Waals surface area (Å²) < 4.78 is 50.9. The predicted octanol–water partition coefficient (Wildman–Crippen LogP) is 3.49. The number of hydrogen-bond donors (Lipinski definition) is 1. The highest BCUT2D eigenvalue weighted by molar-refractivity contribution is 5.21. The summed E-state index contributed by atoms with van der Waals surface area (Å²) in [5.41, 5.74) is 6.95. The Morgan fingerprint density at radius 1 is 1.14 bits per heavy atom. The quantitative estimate of drug-likeness (QED) is 0.866. The van der Waals surface area contributed by atoms with Crippen LogP contribution in [0.15, 0.2) is 24.3 Å². The summed E-state index contributed by atoms with van der Waals surface area (Å²) in [5, 5.41) is 0. The fraction of sp³-hybridized carbons (Fsp3) is 0.600. The molecule has 0 saturated carbocycles. The van der Waals surface area contributed by atoms with E-state index in [-0.39, 0.29) is 30.7 Å². The molecule has 1 aliphatic rings. The van der Waals surface area contributed by atoms with Crippen LogP contribution >= 0.6 is 0 Å². The van der Waals surface area contributed by atoms with Gasteiger partial charge in [-0.05, 0) is 50.6 Å². The highest BCUT2D eigenvalue weighted by Gasteiger charge is 2.41. The molecule has 2 atom stereocenters. The molecule has 1 heterocycles. The third kappa shape index (κ3) is 3.95. The van der Waals surface area contributed by atoms with Crippen LogP contribution in [0.3, 0.4) is 0 Å². The van der Waals surface area contributed by atoms with Crippen LogP contribution in [0.5, 0.6) is 0 Å². The van der Waals surface area contributed by atoms with Crippen molar-refractivity contribution in [3.63, 3.8) is 0 Å². The van der Waals surface area contributed by atoms with Crippen LogP contribution in [0.1, 0.15) is 31.4 Å². The van der Waals surface area contributed by atoms with Crippen molar-refractivity contribution >= 4 is 0 Å². The number of hydrogen-bond acceptors (Lipinski definition) is 2. The summed E-state index contributed by atoms with van der Waals surface area (Å²) in [6.45, 7) is 2.68. The van der Waals surface area contributed by atoms with Gasteiger partial charge in [0.25, 0.3) is 0 Å². The SMILES string of the molecule is CC(C(N)c1ccc(F)cc1)N1CCC(C(F)(F)F)CC1. The second-order valence-corrected chi connectivity index (χ2v) is 5.67. The monoisotopic (exact) mass is 304 g/mol. The predicted molar refractivity (Wildman–Crippen MR) is 73.1 cm³/mol. The second-order valence-electron chi connectivity index (χ2n) is 5.67. The van der Waals surface area contributed by atoms with Crippen LogP contribution in [0.25, 0.3) is 0 Å². The summed E-state index contributed by atoms with van der Waals surface area (Å²) in [6.07, 6.45) is -3.87. The maximum Gasteiger partial charge on any atom is 0.391 e. The minimum atomic E-state index is -4.10. The van der Waals surface area contributed by atoms with Crippen molar-refractivity contribution in [2.24, 2.45) is 11.7 Å². The minimum Gasteiger partial charge on any atom is -0.323 e. The van der Waals surface area contributed by atoms with Crippen molar-refractivity contribution in [1.82, 2.24) is 4.90 Å². The molecule has 2 nitrogen and oxygen atoms in total. The first-order chi connectivity index (χ1) is 9.79. The van der Waals surface area contributed by atoms with Gasteiger partial charge in [0.2, 0.25) is 0 Å². The largest absolute Gasteiger partial charge is 0.391 e. The van der Waals surface area contributed by atoms with E-state index in [1.54, 1.807) is 12.1 Å². The fourth-order valence-electron chi connectivity index (χ4n) is 2.82. The molecule has 1 aliphatic heterocycles. The second kappa shape index (κ2) is 6.32. The molecule has 1 aromatic rings. The topological polar surface area (TPSA) is 29.3 Å². The lowest BCUT2D eigenvalue weighted by Gasteiger charge is -2.39. The summed E-state index contributed by atoms with van der Waals surface area (Å²) in [5.74, 6) is -1.53. The summed E-state index contributed by atoms with van der Waals surface area (Å²) in [7, 11) is 0. The molecule has 2 unspecified atom stereocenters. The van der Waals surface area contributed by atoms with E-state index in [2.05, 4.69) is 0 Å². The highest BCUT2D eigenvalue weighted by atomic mass is 19.4. The van der Waals surface area contributed by atoms with E-state index in [1.165, 1.54) is 12.1 Å². The van der Waals surface area contributed by atoms with E-state index < -0.39 is 12.1 Å². The highest BCUT2D eigenvalue weighted by Crippen LogP contribution is 2.35. The Labute approximate surface area is 121 Å². The molecular formula is C15H20F4N2. The molecule has 0 amide bonds. The van der Waals surface area contributed by atoms with Gasteiger partial charge in [-0.15, -0.1) is 0 Å². The van der Waals surface area contributed by atoms with Crippen molar-refractivity contribution in [2.45, 2.75) is 38.0 Å². The average Bonchev–Trinajstić information content (AvgIpc) is 2.46. The van der Waals surface area contributed by atoms with Gasteiger partial charge in [0.05, 0.1) is 5.92 Å². The molecule has 0 bridgehead atoms. The standard InChI is InChI=1S/C15H20F4N2/c1-10(14(20)11-2-4-13(16)5-3-11)21-8-6-12(7-9-21)15(17,18)19/h2-5,10,12,14H,6-9,20H2,1H3. The molecule has 0 radical (unpaired) electrons. The van der Waals surface area contributed by atoms with E-state index in [0.29, 0.717) is 13.1 Å². The Bertz CT molecular complexity index is 450. The number of rotatable bonds is 3. The third-order valence-corrected chi connectivity index (χ3v) is 4.34. The van der Waals surface area contributed by atoms with Crippen molar-refractivity contribution < 1.29 is 17.6 Å². The molecular weight excluding hydrogens is 284 g/mol. The van der Waals surface area contributed by atoms with E-state index in [4.69, 9.17) is 5.73 Å².